The van der Waals surface area contributed by atoms with Crippen molar-refractivity contribution in [1.29, 1.82) is 0 Å². The van der Waals surface area contributed by atoms with Crippen molar-refractivity contribution < 1.29 is 38.4 Å². The van der Waals surface area contributed by atoms with Gasteiger partial charge in [0.25, 0.3) is 0 Å². The van der Waals surface area contributed by atoms with E-state index in [0.717, 1.165) is 105 Å². The number of carbonyl (C=O) groups excluding carboxylic acids is 3. The zero-order chi connectivity index (χ0) is 51.3. The monoisotopic (exact) mass is 955 g/mol. The van der Waals surface area contributed by atoms with Gasteiger partial charge in [-0.25, -0.2) is 4.79 Å². The average molecular weight is 955 g/mol. The molecule has 70 heavy (non-hydrogen) atoms. The van der Waals surface area contributed by atoms with Gasteiger partial charge in [0, 0.05) is 11.1 Å². The largest absolute Gasteiger partial charge is 0.507 e. The molecule has 1 N–H and O–H groups in total. The fourth-order valence-electron chi connectivity index (χ4n) is 9.81. The highest BCUT2D eigenvalue weighted by molar-refractivity contribution is 6.08. The number of hydrogen-bond acceptors (Lipinski definition) is 8. The van der Waals surface area contributed by atoms with Crippen molar-refractivity contribution in [3.8, 4) is 23.0 Å². The molecule has 0 aromatic heterocycles. The minimum Gasteiger partial charge on any atom is -0.507 e. The zero-order valence-corrected chi connectivity index (χ0v) is 44.8. The second kappa shape index (κ2) is 25.0. The third-order valence-electron chi connectivity index (χ3n) is 13.6. The molecule has 0 amide bonds. The van der Waals surface area contributed by atoms with Gasteiger partial charge in [-0.1, -0.05) is 76.4 Å². The van der Waals surface area contributed by atoms with Crippen LogP contribution in [0.25, 0.3) is 12.2 Å². The van der Waals surface area contributed by atoms with Gasteiger partial charge in [0.05, 0.1) is 13.2 Å². The van der Waals surface area contributed by atoms with Crippen LogP contribution < -0.4 is 14.2 Å². The van der Waals surface area contributed by atoms with Crippen LogP contribution in [-0.2, 0) is 9.53 Å². The van der Waals surface area contributed by atoms with E-state index in [4.69, 9.17) is 18.9 Å². The molecule has 0 bridgehead atoms. The van der Waals surface area contributed by atoms with Crippen LogP contribution in [0.4, 0.5) is 0 Å². The molecule has 2 aliphatic carbocycles. The van der Waals surface area contributed by atoms with Gasteiger partial charge < -0.3 is 24.1 Å². The number of aromatic hydroxyl groups is 1. The fraction of sp³-hybridized carbons (Fsp3) is 0.500. The van der Waals surface area contributed by atoms with Crippen LogP contribution >= 0.6 is 0 Å². The first-order chi connectivity index (χ1) is 33.0. The van der Waals surface area contributed by atoms with Crippen molar-refractivity contribution in [3.05, 3.63) is 127 Å². The van der Waals surface area contributed by atoms with Gasteiger partial charge in [-0.05, 0) is 231 Å². The van der Waals surface area contributed by atoms with E-state index in [1.807, 2.05) is 131 Å². The van der Waals surface area contributed by atoms with E-state index in [1.54, 1.807) is 32.1 Å². The summed E-state index contributed by atoms with van der Waals surface area (Å²) in [5.41, 5.74) is 8.75. The maximum atomic E-state index is 13.1. The first kappa shape index (κ1) is 55.3. The Morgan fingerprint density at radius 3 is 1.21 bits per heavy atom. The van der Waals surface area contributed by atoms with Gasteiger partial charge in [-0.3, -0.25) is 9.59 Å². The fourth-order valence-corrected chi connectivity index (χ4v) is 9.81. The number of hydrogen-bond donors (Lipinski definition) is 1. The number of carbonyl (C=O) groups is 3. The topological polar surface area (TPSA) is 108 Å². The second-order valence-electron chi connectivity index (χ2n) is 21.7. The predicted molar refractivity (Wildman–Crippen MR) is 286 cm³/mol. The number of aryl methyl sites for hydroxylation is 8. The van der Waals surface area contributed by atoms with Crippen molar-refractivity contribution in [3.63, 3.8) is 0 Å². The smallest absolute Gasteiger partial charge is 0.350 e. The number of ketones is 2. The molecule has 4 aromatic rings. The summed E-state index contributed by atoms with van der Waals surface area (Å²) in [6.45, 7) is 26.0. The van der Waals surface area contributed by atoms with Crippen LogP contribution in [0, 0.1) is 67.2 Å². The van der Waals surface area contributed by atoms with E-state index < -0.39 is 17.2 Å². The van der Waals surface area contributed by atoms with Crippen LogP contribution in [0.3, 0.4) is 0 Å². The average Bonchev–Trinajstić information content (AvgIpc) is 3.29. The summed E-state index contributed by atoms with van der Waals surface area (Å²) in [7, 11) is 0. The molecule has 378 valence electrons. The van der Waals surface area contributed by atoms with Crippen LogP contribution in [0.1, 0.15) is 188 Å². The SMILES string of the molecule is Cc1cc(/C=C/C(=O)c2cc(C)c(OCCC3CCCCC3)c(C)c2)cc(C)c1O.Cc1cc(C(=O)/C=C/c2cc(C)c(OC(C)(C)C(=O)OC(C)(C)C)c(C)c2)cc(C)c1OCCC1CCCCC1. The Morgan fingerprint density at radius 1 is 0.514 bits per heavy atom. The van der Waals surface area contributed by atoms with Gasteiger partial charge in [0.15, 0.2) is 17.2 Å². The molecule has 0 unspecified atom stereocenters. The van der Waals surface area contributed by atoms with Gasteiger partial charge in [0.1, 0.15) is 28.6 Å². The predicted octanol–water partition coefficient (Wildman–Crippen LogP) is 15.5. The molecule has 0 aliphatic heterocycles. The Hall–Kier alpha value is -5.63. The number of esters is 1. The van der Waals surface area contributed by atoms with Crippen molar-refractivity contribution in [2.45, 2.75) is 178 Å². The van der Waals surface area contributed by atoms with E-state index in [2.05, 4.69) is 0 Å². The Bertz CT molecular complexity index is 2430. The minimum absolute atomic E-state index is 0.0293. The Balaban J connectivity index is 0.000000271. The lowest BCUT2D eigenvalue weighted by Gasteiger charge is -2.30. The Kier molecular flexibility index (Phi) is 19.7. The highest BCUT2D eigenvalue weighted by atomic mass is 16.6. The molecule has 2 aliphatic rings. The normalized spacial score (nSPS) is 14.9. The highest BCUT2D eigenvalue weighted by Crippen LogP contribution is 2.33. The summed E-state index contributed by atoms with van der Waals surface area (Å²) < 4.78 is 24.0. The van der Waals surface area contributed by atoms with Crippen molar-refractivity contribution in [2.75, 3.05) is 13.2 Å². The van der Waals surface area contributed by atoms with E-state index in [1.165, 1.54) is 64.2 Å². The first-order valence-electron chi connectivity index (χ1n) is 25.8. The van der Waals surface area contributed by atoms with E-state index in [0.29, 0.717) is 22.6 Å². The third-order valence-corrected chi connectivity index (χ3v) is 13.6. The quantitative estimate of drug-likeness (QED) is 0.0633. The molecular weight excluding hydrogens is 873 g/mol. The van der Waals surface area contributed by atoms with Crippen molar-refractivity contribution >= 4 is 29.7 Å². The summed E-state index contributed by atoms with van der Waals surface area (Å²) >= 11 is 0. The zero-order valence-electron chi connectivity index (χ0n) is 44.8. The van der Waals surface area contributed by atoms with Crippen LogP contribution in [0.2, 0.25) is 0 Å². The summed E-state index contributed by atoms with van der Waals surface area (Å²) in [4.78, 5) is 38.4. The van der Waals surface area contributed by atoms with E-state index in [9.17, 15) is 19.5 Å². The number of rotatable bonds is 17. The second-order valence-corrected chi connectivity index (χ2v) is 21.7. The minimum atomic E-state index is -1.14. The van der Waals surface area contributed by atoms with E-state index in [-0.39, 0.29) is 11.6 Å². The molecule has 4 aromatic carbocycles. The maximum Gasteiger partial charge on any atom is 0.350 e. The van der Waals surface area contributed by atoms with Gasteiger partial charge >= 0.3 is 5.97 Å². The molecule has 0 atom stereocenters. The number of ether oxygens (including phenoxy) is 4. The Labute approximate surface area is 420 Å². The third kappa shape index (κ3) is 16.2. The summed E-state index contributed by atoms with van der Waals surface area (Å²) in [5.74, 6) is 3.85. The van der Waals surface area contributed by atoms with Gasteiger partial charge in [-0.15, -0.1) is 0 Å². The standard InChI is InChI=1S/C35H48O5.C27H34O3/c1-23-19-28(20-24(2)32(23)39-35(8,9)33(37)40-34(5,6)7)15-16-30(36)29-21-25(3)31(26(4)22-29)38-18-17-27-13-11-10-12-14-27;1-18-14-23(15-19(2)26(18)29)10-11-25(28)24-16-20(3)27(21(4)17-24)30-13-12-22-8-6-5-7-9-22/h15-16,19-22,27H,10-14,17-18H2,1-9H3;10-11,14-17,22,29H,5-9,12-13H2,1-4H3/b16-15+;11-10+. The number of benzene rings is 4. The molecule has 6 rings (SSSR count). The lowest BCUT2D eigenvalue weighted by molar-refractivity contribution is -0.171. The van der Waals surface area contributed by atoms with Crippen molar-refractivity contribution in [1.82, 2.24) is 0 Å². The number of phenolic OH excluding ortho intramolecular Hbond substituents is 1. The van der Waals surface area contributed by atoms with E-state index >= 15 is 0 Å². The van der Waals surface area contributed by atoms with Gasteiger partial charge in [-0.2, -0.15) is 0 Å². The molecule has 0 radical (unpaired) electrons. The molecule has 0 spiro atoms. The molecule has 8 heteroatoms. The van der Waals surface area contributed by atoms with Crippen LogP contribution in [-0.4, -0.2) is 47.1 Å². The molecular formula is C62H82O8. The Morgan fingerprint density at radius 2 is 0.857 bits per heavy atom. The van der Waals surface area contributed by atoms with Crippen molar-refractivity contribution in [2.24, 2.45) is 11.8 Å². The van der Waals surface area contributed by atoms with Crippen LogP contribution in [0.5, 0.6) is 23.0 Å². The van der Waals surface area contributed by atoms with Crippen LogP contribution in [0.15, 0.2) is 60.7 Å². The first-order valence-corrected chi connectivity index (χ1v) is 25.8. The lowest BCUT2D eigenvalue weighted by atomic mass is 9.87. The lowest BCUT2D eigenvalue weighted by Crippen LogP contribution is -2.43. The number of allylic oxidation sites excluding steroid dienone is 2. The maximum absolute atomic E-state index is 13.1. The molecule has 8 nitrogen and oxygen atoms in total. The summed E-state index contributed by atoms with van der Waals surface area (Å²) in [5, 5.41) is 9.91. The summed E-state index contributed by atoms with van der Waals surface area (Å²) in [6, 6.07) is 15.3. The molecule has 0 saturated heterocycles. The molecule has 0 heterocycles. The molecule has 2 saturated carbocycles. The summed E-state index contributed by atoms with van der Waals surface area (Å²) in [6.07, 6.45) is 22.5. The molecule has 2 fully saturated rings. The number of phenols is 1. The van der Waals surface area contributed by atoms with Gasteiger partial charge in [0.2, 0.25) is 0 Å². The highest BCUT2D eigenvalue weighted by Gasteiger charge is 2.35.